The fraction of sp³-hybridized carbons (Fsp3) is 0.222. The lowest BCUT2D eigenvalue weighted by Gasteiger charge is -2.16. The molecule has 0 aliphatic rings. The Morgan fingerprint density at radius 2 is 1.95 bits per heavy atom. The molecule has 21 heavy (non-hydrogen) atoms. The van der Waals surface area contributed by atoms with Crippen LogP contribution in [-0.4, -0.2) is 19.1 Å². The molecule has 0 saturated heterocycles. The van der Waals surface area contributed by atoms with Crippen molar-refractivity contribution in [1.29, 1.82) is 0 Å². The normalized spacial score (nSPS) is 10.8. The summed E-state index contributed by atoms with van der Waals surface area (Å²) in [7, 11) is 4.13. The van der Waals surface area contributed by atoms with Gasteiger partial charge in [-0.25, -0.2) is 0 Å². The van der Waals surface area contributed by atoms with E-state index in [0.717, 1.165) is 6.54 Å². The standard InChI is InChI=1S/C18H21N3/c1-13-11-15(21(2)3)7-8-17(13)20-12-14-5-4-6-18-16(14)9-10-19-18/h4-11,19-20H,12H2,1-3H3. The van der Waals surface area contributed by atoms with E-state index in [-0.39, 0.29) is 0 Å². The second kappa shape index (κ2) is 5.52. The monoisotopic (exact) mass is 279 g/mol. The second-order valence-electron chi connectivity index (χ2n) is 5.60. The van der Waals surface area contributed by atoms with Crippen molar-refractivity contribution in [3.63, 3.8) is 0 Å². The van der Waals surface area contributed by atoms with Crippen molar-refractivity contribution in [2.75, 3.05) is 24.3 Å². The van der Waals surface area contributed by atoms with Crippen LogP contribution in [0.3, 0.4) is 0 Å². The predicted molar refractivity (Wildman–Crippen MR) is 91.1 cm³/mol. The van der Waals surface area contributed by atoms with Gasteiger partial charge >= 0.3 is 0 Å². The van der Waals surface area contributed by atoms with Gasteiger partial charge in [0.25, 0.3) is 0 Å². The van der Waals surface area contributed by atoms with Gasteiger partial charge in [0.2, 0.25) is 0 Å². The van der Waals surface area contributed by atoms with E-state index in [1.807, 2.05) is 6.20 Å². The van der Waals surface area contributed by atoms with Crippen LogP contribution in [0.25, 0.3) is 10.9 Å². The third-order valence-electron chi connectivity index (χ3n) is 3.88. The third kappa shape index (κ3) is 2.72. The molecule has 0 spiro atoms. The summed E-state index contributed by atoms with van der Waals surface area (Å²) in [6.07, 6.45) is 1.99. The van der Waals surface area contributed by atoms with Gasteiger partial charge in [-0.05, 0) is 48.4 Å². The average molecular weight is 279 g/mol. The van der Waals surface area contributed by atoms with Gasteiger partial charge in [-0.1, -0.05) is 12.1 Å². The molecular weight excluding hydrogens is 258 g/mol. The fourth-order valence-electron chi connectivity index (χ4n) is 2.62. The Bertz CT molecular complexity index is 756. The summed E-state index contributed by atoms with van der Waals surface area (Å²) in [4.78, 5) is 5.38. The molecule has 0 saturated carbocycles. The molecule has 0 atom stereocenters. The van der Waals surface area contributed by atoms with Gasteiger partial charge < -0.3 is 15.2 Å². The zero-order valence-electron chi connectivity index (χ0n) is 12.8. The highest BCUT2D eigenvalue weighted by Crippen LogP contribution is 2.23. The smallest absolute Gasteiger partial charge is 0.0457 e. The number of hydrogen-bond acceptors (Lipinski definition) is 2. The molecule has 2 aromatic carbocycles. The van der Waals surface area contributed by atoms with Crippen LogP contribution in [0.2, 0.25) is 0 Å². The molecule has 0 radical (unpaired) electrons. The van der Waals surface area contributed by atoms with Crippen LogP contribution in [0, 0.1) is 6.92 Å². The van der Waals surface area contributed by atoms with Crippen molar-refractivity contribution in [2.45, 2.75) is 13.5 Å². The maximum Gasteiger partial charge on any atom is 0.0457 e. The molecule has 1 heterocycles. The zero-order valence-corrected chi connectivity index (χ0v) is 12.8. The fourth-order valence-corrected chi connectivity index (χ4v) is 2.62. The lowest BCUT2D eigenvalue weighted by atomic mass is 10.1. The van der Waals surface area contributed by atoms with Crippen LogP contribution < -0.4 is 10.2 Å². The maximum atomic E-state index is 3.54. The topological polar surface area (TPSA) is 31.1 Å². The summed E-state index contributed by atoms with van der Waals surface area (Å²) in [5.74, 6) is 0. The number of aryl methyl sites for hydroxylation is 1. The molecule has 2 N–H and O–H groups in total. The minimum Gasteiger partial charge on any atom is -0.381 e. The maximum absolute atomic E-state index is 3.54. The van der Waals surface area contributed by atoms with Gasteiger partial charge in [-0.3, -0.25) is 0 Å². The number of anilines is 2. The number of nitrogens with zero attached hydrogens (tertiary/aromatic N) is 1. The summed E-state index contributed by atoms with van der Waals surface area (Å²) in [6.45, 7) is 2.98. The number of rotatable bonds is 4. The van der Waals surface area contributed by atoms with Crippen molar-refractivity contribution in [3.05, 3.63) is 59.8 Å². The van der Waals surface area contributed by atoms with Crippen LogP contribution in [0.4, 0.5) is 11.4 Å². The molecule has 3 nitrogen and oxygen atoms in total. The molecule has 0 amide bonds. The van der Waals surface area contributed by atoms with Crippen molar-refractivity contribution in [1.82, 2.24) is 4.98 Å². The Morgan fingerprint density at radius 1 is 1.10 bits per heavy atom. The minimum atomic E-state index is 0.831. The van der Waals surface area contributed by atoms with E-state index in [0.29, 0.717) is 0 Å². The van der Waals surface area contributed by atoms with Crippen molar-refractivity contribution >= 4 is 22.3 Å². The van der Waals surface area contributed by atoms with Crippen LogP contribution in [0.15, 0.2) is 48.7 Å². The highest BCUT2D eigenvalue weighted by molar-refractivity contribution is 5.83. The second-order valence-corrected chi connectivity index (χ2v) is 5.60. The van der Waals surface area contributed by atoms with Crippen molar-refractivity contribution < 1.29 is 0 Å². The number of aromatic nitrogens is 1. The molecule has 0 aliphatic carbocycles. The highest BCUT2D eigenvalue weighted by atomic mass is 15.1. The minimum absolute atomic E-state index is 0.831. The van der Waals surface area contributed by atoms with Crippen LogP contribution in [0.5, 0.6) is 0 Å². The van der Waals surface area contributed by atoms with E-state index >= 15 is 0 Å². The molecule has 1 aromatic heterocycles. The number of H-pyrrole nitrogens is 1. The molecule has 0 aliphatic heterocycles. The molecular formula is C18H21N3. The number of nitrogens with one attached hydrogen (secondary N) is 2. The number of aromatic amines is 1. The van der Waals surface area contributed by atoms with Gasteiger partial charge in [0.1, 0.15) is 0 Å². The first-order valence-corrected chi connectivity index (χ1v) is 7.22. The Morgan fingerprint density at radius 3 is 2.71 bits per heavy atom. The molecule has 3 heteroatoms. The summed E-state index contributed by atoms with van der Waals surface area (Å²) in [6, 6.07) is 15.0. The summed E-state index contributed by atoms with van der Waals surface area (Å²) in [5.41, 5.74) is 6.18. The Balaban J connectivity index is 1.80. The molecule has 108 valence electrons. The Labute approximate surface area is 125 Å². The van der Waals surface area contributed by atoms with Crippen molar-refractivity contribution in [3.8, 4) is 0 Å². The van der Waals surface area contributed by atoms with Gasteiger partial charge in [-0.2, -0.15) is 0 Å². The third-order valence-corrected chi connectivity index (χ3v) is 3.88. The van der Waals surface area contributed by atoms with Crippen LogP contribution in [-0.2, 0) is 6.54 Å². The Kier molecular flexibility index (Phi) is 3.57. The van der Waals surface area contributed by atoms with Crippen molar-refractivity contribution in [2.24, 2.45) is 0 Å². The molecule has 0 bridgehead atoms. The van der Waals surface area contributed by atoms with Crippen LogP contribution >= 0.6 is 0 Å². The van der Waals surface area contributed by atoms with E-state index in [1.165, 1.54) is 33.4 Å². The Hall–Kier alpha value is -2.42. The predicted octanol–water partition coefficient (Wildman–Crippen LogP) is 4.15. The molecule has 0 fully saturated rings. The number of hydrogen-bond donors (Lipinski definition) is 2. The quantitative estimate of drug-likeness (QED) is 0.751. The summed E-state index contributed by atoms with van der Waals surface area (Å²) < 4.78 is 0. The largest absolute Gasteiger partial charge is 0.381 e. The van der Waals surface area contributed by atoms with E-state index < -0.39 is 0 Å². The van der Waals surface area contributed by atoms with Gasteiger partial charge in [0.05, 0.1) is 0 Å². The first-order chi connectivity index (χ1) is 10.1. The van der Waals surface area contributed by atoms with E-state index in [4.69, 9.17) is 0 Å². The number of fused-ring (bicyclic) bond motifs is 1. The lowest BCUT2D eigenvalue weighted by molar-refractivity contribution is 1.12. The molecule has 3 rings (SSSR count). The van der Waals surface area contributed by atoms with E-state index in [1.54, 1.807) is 0 Å². The van der Waals surface area contributed by atoms with E-state index in [2.05, 4.69) is 78.7 Å². The SMILES string of the molecule is Cc1cc(N(C)C)ccc1NCc1cccc2[nH]ccc12. The van der Waals surface area contributed by atoms with E-state index in [9.17, 15) is 0 Å². The van der Waals surface area contributed by atoms with Gasteiger partial charge in [0.15, 0.2) is 0 Å². The highest BCUT2D eigenvalue weighted by Gasteiger charge is 2.04. The zero-order chi connectivity index (χ0) is 14.8. The molecule has 0 unspecified atom stereocenters. The average Bonchev–Trinajstić information content (AvgIpc) is 2.94. The summed E-state index contributed by atoms with van der Waals surface area (Å²) >= 11 is 0. The summed E-state index contributed by atoms with van der Waals surface area (Å²) in [5, 5.41) is 4.83. The molecule has 3 aromatic rings. The van der Waals surface area contributed by atoms with Gasteiger partial charge in [-0.15, -0.1) is 0 Å². The van der Waals surface area contributed by atoms with Gasteiger partial charge in [0, 0.05) is 49.1 Å². The first-order valence-electron chi connectivity index (χ1n) is 7.22. The lowest BCUT2D eigenvalue weighted by Crippen LogP contribution is -2.09. The number of benzene rings is 2. The first kappa shape index (κ1) is 13.6. The van der Waals surface area contributed by atoms with Crippen LogP contribution in [0.1, 0.15) is 11.1 Å².